The Hall–Kier alpha value is -1.79. The minimum absolute atomic E-state index is 0.115. The monoisotopic (exact) mass is 308 g/mol. The molecule has 1 saturated heterocycles. The van der Waals surface area contributed by atoms with Gasteiger partial charge in [-0.2, -0.15) is 4.98 Å². The van der Waals surface area contributed by atoms with E-state index in [-0.39, 0.29) is 6.10 Å². The van der Waals surface area contributed by atoms with E-state index in [0.29, 0.717) is 28.2 Å². The van der Waals surface area contributed by atoms with Gasteiger partial charge in [-0.15, -0.1) is 0 Å². The summed E-state index contributed by atoms with van der Waals surface area (Å²) in [7, 11) is 1.66. The summed E-state index contributed by atoms with van der Waals surface area (Å²) < 4.78 is 11.4. The van der Waals surface area contributed by atoms with Crippen LogP contribution in [-0.4, -0.2) is 37.2 Å². The van der Waals surface area contributed by atoms with Crippen LogP contribution < -0.4 is 10.6 Å². The van der Waals surface area contributed by atoms with Crippen LogP contribution in [0.25, 0.3) is 11.1 Å². The Labute approximate surface area is 127 Å². The second-order valence-electron chi connectivity index (χ2n) is 4.87. The average Bonchev–Trinajstić information content (AvgIpc) is 2.89. The van der Waals surface area contributed by atoms with Crippen LogP contribution in [0.1, 0.15) is 12.8 Å². The third-order valence-corrected chi connectivity index (χ3v) is 3.53. The predicted octanol–water partition coefficient (Wildman–Crippen LogP) is 2.65. The van der Waals surface area contributed by atoms with Crippen molar-refractivity contribution in [2.45, 2.75) is 18.9 Å². The van der Waals surface area contributed by atoms with E-state index in [2.05, 4.69) is 20.6 Å². The van der Waals surface area contributed by atoms with Crippen LogP contribution in [0.3, 0.4) is 0 Å². The van der Waals surface area contributed by atoms with Crippen LogP contribution in [0, 0.1) is 0 Å². The second-order valence-corrected chi connectivity index (χ2v) is 5.31. The van der Waals surface area contributed by atoms with Crippen molar-refractivity contribution in [1.29, 1.82) is 0 Å². The number of aromatic nitrogens is 1. The molecule has 1 aliphatic rings. The van der Waals surface area contributed by atoms with Gasteiger partial charge in [-0.1, -0.05) is 11.6 Å². The van der Waals surface area contributed by atoms with Gasteiger partial charge in [0.15, 0.2) is 5.58 Å². The molecule has 2 heterocycles. The Morgan fingerprint density at radius 3 is 3.24 bits per heavy atom. The van der Waals surface area contributed by atoms with Gasteiger partial charge < -0.3 is 14.5 Å². The highest BCUT2D eigenvalue weighted by Crippen LogP contribution is 2.22. The third-order valence-electron chi connectivity index (χ3n) is 3.30. The van der Waals surface area contributed by atoms with E-state index in [1.807, 2.05) is 0 Å². The topological polar surface area (TPSA) is 71.7 Å². The summed E-state index contributed by atoms with van der Waals surface area (Å²) in [5.74, 6) is 0. The molecule has 1 fully saturated rings. The summed E-state index contributed by atoms with van der Waals surface area (Å²) in [5, 5.41) is 6.88. The van der Waals surface area contributed by atoms with Crippen molar-refractivity contribution in [1.82, 2.24) is 10.3 Å². The molecule has 1 unspecified atom stereocenters. The lowest BCUT2D eigenvalue weighted by atomic mass is 10.1. The Bertz CT molecular complexity index is 649. The summed E-state index contributed by atoms with van der Waals surface area (Å²) in [6.45, 7) is 1.86. The quantitative estimate of drug-likeness (QED) is 0.659. The molecule has 21 heavy (non-hydrogen) atoms. The van der Waals surface area contributed by atoms with Gasteiger partial charge in [0.25, 0.3) is 6.02 Å². The van der Waals surface area contributed by atoms with E-state index >= 15 is 0 Å². The zero-order chi connectivity index (χ0) is 14.7. The first-order valence-electron chi connectivity index (χ1n) is 6.92. The largest absolute Gasteiger partial charge is 0.460 e. The van der Waals surface area contributed by atoms with E-state index in [9.17, 15) is 0 Å². The van der Waals surface area contributed by atoms with Crippen LogP contribution >= 0.6 is 11.6 Å². The fourth-order valence-electron chi connectivity index (χ4n) is 2.26. The molecule has 0 amide bonds. The normalized spacial score (nSPS) is 19.7. The van der Waals surface area contributed by atoms with Crippen LogP contribution in [-0.2, 0) is 4.74 Å². The molecule has 0 aliphatic carbocycles. The molecule has 1 aromatic heterocycles. The zero-order valence-electron chi connectivity index (χ0n) is 11.7. The Morgan fingerprint density at radius 2 is 2.48 bits per heavy atom. The molecule has 1 aliphatic heterocycles. The Morgan fingerprint density at radius 1 is 1.57 bits per heavy atom. The zero-order valence-corrected chi connectivity index (χ0v) is 12.5. The van der Waals surface area contributed by atoms with E-state index < -0.39 is 0 Å². The third kappa shape index (κ3) is 3.46. The number of fused-ring (bicyclic) bond motifs is 1. The highest BCUT2D eigenvalue weighted by Gasteiger charge is 2.17. The summed E-state index contributed by atoms with van der Waals surface area (Å²) in [6.07, 6.45) is 2.23. The van der Waals surface area contributed by atoms with E-state index in [1.165, 1.54) is 0 Å². The minimum Gasteiger partial charge on any atom is -0.460 e. The number of benzene rings is 1. The molecule has 1 aromatic carbocycles. The van der Waals surface area contributed by atoms with Gasteiger partial charge >= 0.3 is 6.01 Å². The number of nitrogens with zero attached hydrogens (tertiary/aromatic N) is 2. The molecular formula is C14H17ClN4O2. The van der Waals surface area contributed by atoms with Crippen LogP contribution in [0.2, 0.25) is 5.02 Å². The molecule has 2 N–H and O–H groups in total. The summed E-state index contributed by atoms with van der Waals surface area (Å²) in [4.78, 5) is 8.41. The van der Waals surface area contributed by atoms with E-state index in [0.717, 1.165) is 25.9 Å². The van der Waals surface area contributed by atoms with Crippen LogP contribution in [0.4, 0.5) is 6.01 Å². The molecule has 2 aromatic rings. The number of anilines is 1. The fourth-order valence-corrected chi connectivity index (χ4v) is 2.43. The number of oxazole rings is 1. The molecule has 1 atom stereocenters. The van der Waals surface area contributed by atoms with Gasteiger partial charge in [0.2, 0.25) is 0 Å². The minimum atomic E-state index is 0.115. The maximum atomic E-state index is 5.93. The number of amidine groups is 1. The first kappa shape index (κ1) is 14.2. The Kier molecular flexibility index (Phi) is 4.26. The number of hydrogen-bond donors (Lipinski definition) is 2. The molecule has 0 spiro atoms. The van der Waals surface area contributed by atoms with Gasteiger partial charge in [-0.25, -0.2) is 4.99 Å². The Balaban J connectivity index is 1.70. The smallest absolute Gasteiger partial charge is 0.303 e. The first-order valence-corrected chi connectivity index (χ1v) is 7.29. The summed E-state index contributed by atoms with van der Waals surface area (Å²) >= 11 is 5.93. The number of nitrogens with one attached hydrogen (secondary N) is 2. The van der Waals surface area contributed by atoms with Crippen molar-refractivity contribution in [3.63, 3.8) is 0 Å². The van der Waals surface area contributed by atoms with Crippen molar-refractivity contribution < 1.29 is 9.15 Å². The van der Waals surface area contributed by atoms with Gasteiger partial charge in [0, 0.05) is 18.6 Å². The molecule has 0 bridgehead atoms. The van der Waals surface area contributed by atoms with Crippen molar-refractivity contribution >= 4 is 34.7 Å². The number of piperidine rings is 1. The number of hydrogen-bond acceptors (Lipinski definition) is 5. The second kappa shape index (κ2) is 6.32. The van der Waals surface area contributed by atoms with E-state index in [1.54, 1.807) is 25.2 Å². The maximum absolute atomic E-state index is 5.93. The van der Waals surface area contributed by atoms with Crippen molar-refractivity contribution in [2.75, 3.05) is 25.5 Å². The predicted molar refractivity (Wildman–Crippen MR) is 83.0 cm³/mol. The molecule has 7 heteroatoms. The molecule has 6 nitrogen and oxygen atoms in total. The molecule has 0 saturated carbocycles. The van der Waals surface area contributed by atoms with Crippen molar-refractivity contribution in [3.05, 3.63) is 23.2 Å². The molecule has 112 valence electrons. The summed E-state index contributed by atoms with van der Waals surface area (Å²) in [6, 6.07) is 6.04. The number of aliphatic imine (C=N–C) groups is 1. The number of ether oxygens (including phenoxy) is 1. The van der Waals surface area contributed by atoms with Crippen LogP contribution in [0.5, 0.6) is 0 Å². The standard InChI is InChI=1S/C14H17ClN4O2/c1-16-13(20-10-3-2-6-17-8-10)19-14-18-11-7-9(15)4-5-12(11)21-14/h4-5,7,10,17H,2-3,6,8H2,1H3,(H,16,18,19). The number of rotatable bonds is 2. The lowest BCUT2D eigenvalue weighted by Gasteiger charge is -2.24. The van der Waals surface area contributed by atoms with Crippen molar-refractivity contribution in [3.8, 4) is 0 Å². The highest BCUT2D eigenvalue weighted by atomic mass is 35.5. The lowest BCUT2D eigenvalue weighted by Crippen LogP contribution is -2.38. The van der Waals surface area contributed by atoms with Gasteiger partial charge in [0.05, 0.1) is 0 Å². The lowest BCUT2D eigenvalue weighted by molar-refractivity contribution is 0.154. The molecular weight excluding hydrogens is 292 g/mol. The van der Waals surface area contributed by atoms with Crippen molar-refractivity contribution in [2.24, 2.45) is 4.99 Å². The molecule has 3 rings (SSSR count). The first-order chi connectivity index (χ1) is 10.2. The van der Waals surface area contributed by atoms with E-state index in [4.69, 9.17) is 20.8 Å². The van der Waals surface area contributed by atoms with Gasteiger partial charge in [0.1, 0.15) is 11.6 Å². The molecule has 0 radical (unpaired) electrons. The highest BCUT2D eigenvalue weighted by molar-refractivity contribution is 6.31. The number of halogens is 1. The SMILES string of the molecule is CN=C(Nc1nc2cc(Cl)ccc2o1)OC1CCCNC1. The maximum Gasteiger partial charge on any atom is 0.303 e. The van der Waals surface area contributed by atoms with Gasteiger partial charge in [-0.3, -0.25) is 5.32 Å². The van der Waals surface area contributed by atoms with Gasteiger partial charge in [-0.05, 0) is 37.6 Å². The van der Waals surface area contributed by atoms with Crippen LogP contribution in [0.15, 0.2) is 27.6 Å². The fraction of sp³-hybridized carbons (Fsp3) is 0.429. The average molecular weight is 309 g/mol. The summed E-state index contributed by atoms with van der Waals surface area (Å²) in [5.41, 5.74) is 1.36.